The molecule has 1 heterocycles. The van der Waals surface area contributed by atoms with Crippen LogP contribution < -0.4 is 4.74 Å². The van der Waals surface area contributed by atoms with E-state index in [1.54, 1.807) is 0 Å². The Morgan fingerprint density at radius 2 is 1.31 bits per heavy atom. The van der Waals surface area contributed by atoms with E-state index in [4.69, 9.17) is 4.74 Å². The monoisotopic (exact) mass is 477 g/mol. The Labute approximate surface area is 216 Å². The van der Waals surface area contributed by atoms with Crippen molar-refractivity contribution in [2.45, 2.75) is 123 Å². The van der Waals surface area contributed by atoms with Gasteiger partial charge in [0.15, 0.2) is 0 Å². The van der Waals surface area contributed by atoms with Gasteiger partial charge in [0.1, 0.15) is 5.75 Å². The summed E-state index contributed by atoms with van der Waals surface area (Å²) in [6.45, 7) is 5.36. The first-order valence-electron chi connectivity index (χ1n) is 15.0. The summed E-state index contributed by atoms with van der Waals surface area (Å²) in [5.74, 6) is 2.84. The van der Waals surface area contributed by atoms with Crippen molar-refractivity contribution in [2.75, 3.05) is 6.61 Å². The van der Waals surface area contributed by atoms with E-state index in [1.807, 2.05) is 6.20 Å². The second-order valence-electron chi connectivity index (χ2n) is 11.0. The van der Waals surface area contributed by atoms with Crippen LogP contribution in [0.1, 0.15) is 122 Å². The summed E-state index contributed by atoms with van der Waals surface area (Å²) >= 11 is 0. The molecule has 0 amide bonds. The summed E-state index contributed by atoms with van der Waals surface area (Å²) < 4.78 is 5.89. The zero-order chi connectivity index (χ0) is 24.6. The van der Waals surface area contributed by atoms with Crippen molar-refractivity contribution in [3.05, 3.63) is 48.2 Å². The Kier molecular flexibility index (Phi) is 13.3. The van der Waals surface area contributed by atoms with E-state index < -0.39 is 0 Å². The Morgan fingerprint density at radius 1 is 0.686 bits per heavy atom. The highest BCUT2D eigenvalue weighted by atomic mass is 16.5. The summed E-state index contributed by atoms with van der Waals surface area (Å²) in [7, 11) is 0. The molecule has 1 aromatic heterocycles. The molecule has 194 valence electrons. The topological polar surface area (TPSA) is 22.1 Å². The van der Waals surface area contributed by atoms with Crippen LogP contribution in [0.25, 0.3) is 11.3 Å². The van der Waals surface area contributed by atoms with Gasteiger partial charge in [0.2, 0.25) is 0 Å². The van der Waals surface area contributed by atoms with Gasteiger partial charge in [-0.15, -0.1) is 0 Å². The number of hydrogen-bond donors (Lipinski definition) is 0. The number of aryl methyl sites for hydroxylation is 1. The lowest BCUT2D eigenvalue weighted by Gasteiger charge is -2.28. The number of aromatic nitrogens is 1. The molecule has 0 N–H and O–H groups in total. The van der Waals surface area contributed by atoms with Gasteiger partial charge < -0.3 is 4.74 Å². The molecule has 1 fully saturated rings. The molecule has 1 saturated carbocycles. The molecule has 1 aliphatic rings. The second-order valence-corrected chi connectivity index (χ2v) is 11.0. The van der Waals surface area contributed by atoms with E-state index in [0.29, 0.717) is 0 Å². The first kappa shape index (κ1) is 27.8. The third-order valence-electron chi connectivity index (χ3n) is 8.03. The smallest absolute Gasteiger partial charge is 0.137 e. The number of ether oxygens (including phenoxy) is 1. The van der Waals surface area contributed by atoms with Crippen molar-refractivity contribution >= 4 is 0 Å². The predicted octanol–water partition coefficient (Wildman–Crippen LogP) is 10.2. The third kappa shape index (κ3) is 10.8. The fourth-order valence-electron chi connectivity index (χ4n) is 5.59. The van der Waals surface area contributed by atoms with Crippen LogP contribution in [-0.2, 0) is 6.42 Å². The fraction of sp³-hybridized carbons (Fsp3) is 0.667. The molecule has 2 aromatic rings. The Hall–Kier alpha value is -1.83. The molecule has 0 atom stereocenters. The molecule has 0 spiro atoms. The minimum atomic E-state index is 0.794. The molecular formula is C33H51NO. The molecule has 0 unspecified atom stereocenters. The maximum atomic E-state index is 5.89. The molecule has 0 bridgehead atoms. The molecule has 1 aliphatic carbocycles. The van der Waals surface area contributed by atoms with Gasteiger partial charge in [-0.05, 0) is 48.8 Å². The van der Waals surface area contributed by atoms with E-state index in [2.05, 4.69) is 55.2 Å². The van der Waals surface area contributed by atoms with E-state index in [9.17, 15) is 0 Å². The molecule has 0 radical (unpaired) electrons. The summed E-state index contributed by atoms with van der Waals surface area (Å²) in [6.07, 6.45) is 25.2. The van der Waals surface area contributed by atoms with Gasteiger partial charge in [0.25, 0.3) is 0 Å². The van der Waals surface area contributed by atoms with Crippen LogP contribution in [0, 0.1) is 11.8 Å². The minimum absolute atomic E-state index is 0.794. The Bertz CT molecular complexity index is 774. The first-order chi connectivity index (χ1) is 17.3. The standard InChI is InChI=1S/C33H51NO/c1-3-5-7-9-10-12-26-35-32-24-25-33(34-27-32)31-22-20-30(21-23-31)19-18-29-16-14-28(15-17-29)13-11-8-6-4-2/h20-25,27-29H,3-19,26H2,1-2H3. The fourth-order valence-corrected chi connectivity index (χ4v) is 5.59. The average molecular weight is 478 g/mol. The molecule has 0 saturated heterocycles. The van der Waals surface area contributed by atoms with Crippen molar-refractivity contribution in [3.8, 4) is 17.0 Å². The van der Waals surface area contributed by atoms with Crippen molar-refractivity contribution in [1.29, 1.82) is 0 Å². The van der Waals surface area contributed by atoms with Gasteiger partial charge in [-0.2, -0.15) is 0 Å². The summed E-state index contributed by atoms with van der Waals surface area (Å²) in [5.41, 5.74) is 3.69. The van der Waals surface area contributed by atoms with Gasteiger partial charge >= 0.3 is 0 Å². The zero-order valence-electron chi connectivity index (χ0n) is 22.8. The van der Waals surface area contributed by atoms with E-state index in [1.165, 1.54) is 114 Å². The average Bonchev–Trinajstić information content (AvgIpc) is 2.91. The SMILES string of the molecule is CCCCCCCCOc1ccc(-c2ccc(CCC3CCC(CCCCCC)CC3)cc2)nc1. The lowest BCUT2D eigenvalue weighted by Crippen LogP contribution is -2.15. The van der Waals surface area contributed by atoms with Crippen LogP contribution >= 0.6 is 0 Å². The molecule has 2 heteroatoms. The van der Waals surface area contributed by atoms with Gasteiger partial charge in [-0.25, -0.2) is 0 Å². The van der Waals surface area contributed by atoms with Crippen LogP contribution in [0.3, 0.4) is 0 Å². The van der Waals surface area contributed by atoms with Crippen molar-refractivity contribution < 1.29 is 4.74 Å². The highest BCUT2D eigenvalue weighted by Crippen LogP contribution is 2.34. The molecule has 0 aliphatic heterocycles. The normalized spacial score (nSPS) is 18.0. The number of hydrogen-bond acceptors (Lipinski definition) is 2. The number of unbranched alkanes of at least 4 members (excludes halogenated alkanes) is 8. The van der Waals surface area contributed by atoms with Crippen LogP contribution in [0.5, 0.6) is 5.75 Å². The summed E-state index contributed by atoms with van der Waals surface area (Å²) in [6, 6.07) is 13.2. The number of pyridine rings is 1. The molecule has 2 nitrogen and oxygen atoms in total. The van der Waals surface area contributed by atoms with Crippen LogP contribution in [0.2, 0.25) is 0 Å². The van der Waals surface area contributed by atoms with Crippen LogP contribution in [0.4, 0.5) is 0 Å². The van der Waals surface area contributed by atoms with Crippen molar-refractivity contribution in [1.82, 2.24) is 4.98 Å². The molecule has 1 aromatic carbocycles. The molecule has 3 rings (SSSR count). The second kappa shape index (κ2) is 16.8. The number of benzene rings is 1. The maximum Gasteiger partial charge on any atom is 0.137 e. The van der Waals surface area contributed by atoms with Gasteiger partial charge in [-0.3, -0.25) is 4.98 Å². The quantitative estimate of drug-likeness (QED) is 0.211. The predicted molar refractivity (Wildman–Crippen MR) is 151 cm³/mol. The van der Waals surface area contributed by atoms with Crippen molar-refractivity contribution in [2.24, 2.45) is 11.8 Å². The van der Waals surface area contributed by atoms with E-state index in [-0.39, 0.29) is 0 Å². The van der Waals surface area contributed by atoms with Gasteiger partial charge in [0, 0.05) is 5.56 Å². The zero-order valence-corrected chi connectivity index (χ0v) is 22.8. The number of nitrogens with zero attached hydrogens (tertiary/aromatic N) is 1. The maximum absolute atomic E-state index is 5.89. The highest BCUT2D eigenvalue weighted by Gasteiger charge is 2.20. The van der Waals surface area contributed by atoms with E-state index in [0.717, 1.165) is 36.3 Å². The Morgan fingerprint density at radius 3 is 1.97 bits per heavy atom. The summed E-state index contributed by atoms with van der Waals surface area (Å²) in [4.78, 5) is 4.65. The molecular weight excluding hydrogens is 426 g/mol. The molecule has 35 heavy (non-hydrogen) atoms. The minimum Gasteiger partial charge on any atom is -0.492 e. The number of rotatable bonds is 17. The summed E-state index contributed by atoms with van der Waals surface area (Å²) in [5, 5.41) is 0. The van der Waals surface area contributed by atoms with Crippen molar-refractivity contribution in [3.63, 3.8) is 0 Å². The lowest BCUT2D eigenvalue weighted by molar-refractivity contribution is 0.249. The van der Waals surface area contributed by atoms with Crippen LogP contribution in [-0.4, -0.2) is 11.6 Å². The lowest BCUT2D eigenvalue weighted by atomic mass is 9.77. The van der Waals surface area contributed by atoms with Gasteiger partial charge in [-0.1, -0.05) is 128 Å². The third-order valence-corrected chi connectivity index (χ3v) is 8.03. The first-order valence-corrected chi connectivity index (χ1v) is 15.0. The highest BCUT2D eigenvalue weighted by molar-refractivity contribution is 5.59. The van der Waals surface area contributed by atoms with Crippen LogP contribution in [0.15, 0.2) is 42.6 Å². The Balaban J connectivity index is 1.32. The van der Waals surface area contributed by atoms with E-state index >= 15 is 0 Å². The van der Waals surface area contributed by atoms with Gasteiger partial charge in [0.05, 0.1) is 18.5 Å². The largest absolute Gasteiger partial charge is 0.492 e.